The first-order valence-corrected chi connectivity index (χ1v) is 11.2. The van der Waals surface area contributed by atoms with Gasteiger partial charge in [-0.3, -0.25) is 0 Å². The highest BCUT2D eigenvalue weighted by Crippen LogP contribution is 2.32. The van der Waals surface area contributed by atoms with Crippen LogP contribution in [-0.2, 0) is 6.54 Å². The quantitative estimate of drug-likeness (QED) is 0.434. The van der Waals surface area contributed by atoms with Gasteiger partial charge in [0.15, 0.2) is 17.5 Å². The van der Waals surface area contributed by atoms with Crippen LogP contribution in [0.1, 0.15) is 19.0 Å². The van der Waals surface area contributed by atoms with Gasteiger partial charge in [0, 0.05) is 35.7 Å². The number of thiazole rings is 1. The molecule has 0 saturated carbocycles. The van der Waals surface area contributed by atoms with Gasteiger partial charge in [-0.05, 0) is 43.3 Å². The molecule has 0 spiro atoms. The maximum Gasteiger partial charge on any atom is 0.196 e. The first kappa shape index (κ1) is 21.0. The maximum absolute atomic E-state index is 5.78. The van der Waals surface area contributed by atoms with Crippen LogP contribution in [-0.4, -0.2) is 37.8 Å². The summed E-state index contributed by atoms with van der Waals surface area (Å²) < 4.78 is 16.7. The van der Waals surface area contributed by atoms with E-state index in [1.54, 1.807) is 18.4 Å². The van der Waals surface area contributed by atoms with Gasteiger partial charge in [-0.15, -0.1) is 11.3 Å². The number of fused-ring (bicyclic) bond motifs is 1. The molecule has 1 aliphatic heterocycles. The Morgan fingerprint density at radius 2 is 1.94 bits per heavy atom. The highest BCUT2D eigenvalue weighted by molar-refractivity contribution is 7.13. The van der Waals surface area contributed by atoms with Gasteiger partial charge in [0.2, 0.25) is 0 Å². The average Bonchev–Trinajstić information content (AvgIpc) is 3.15. The summed E-state index contributed by atoms with van der Waals surface area (Å²) in [7, 11) is 1.66. The predicted molar refractivity (Wildman–Crippen MR) is 125 cm³/mol. The lowest BCUT2D eigenvalue weighted by atomic mass is 10.2. The number of nitrogens with one attached hydrogen (secondary N) is 2. The van der Waals surface area contributed by atoms with Crippen molar-refractivity contribution in [2.75, 3.05) is 32.2 Å². The van der Waals surface area contributed by atoms with Crippen molar-refractivity contribution >= 4 is 23.0 Å². The molecular formula is C23H26N4O3S. The maximum atomic E-state index is 5.78. The van der Waals surface area contributed by atoms with E-state index in [4.69, 9.17) is 24.2 Å². The smallest absolute Gasteiger partial charge is 0.196 e. The molecule has 0 unspecified atom stereocenters. The first-order valence-electron chi connectivity index (χ1n) is 10.3. The Bertz CT molecular complexity index is 1030. The molecule has 0 bridgehead atoms. The fourth-order valence-corrected chi connectivity index (χ4v) is 3.91. The van der Waals surface area contributed by atoms with Crippen molar-refractivity contribution in [2.45, 2.75) is 19.9 Å². The second-order valence-corrected chi connectivity index (χ2v) is 7.76. The van der Waals surface area contributed by atoms with Crippen molar-refractivity contribution in [1.82, 2.24) is 10.3 Å². The number of nitrogens with zero attached hydrogens (tertiary/aromatic N) is 2. The standard InChI is InChI=1S/C23H26N4O3S/c1-3-24-23(27-17-7-10-20-21(13-17)30-12-4-11-29-20)25-14-18-15-31-22(26-18)16-5-8-19(28-2)9-6-16/h5-10,13,15H,3-4,11-12,14H2,1-2H3,(H2,24,25,27). The van der Waals surface area contributed by atoms with E-state index in [9.17, 15) is 0 Å². The molecule has 2 aromatic carbocycles. The van der Waals surface area contributed by atoms with Crippen molar-refractivity contribution in [2.24, 2.45) is 4.99 Å². The molecule has 162 valence electrons. The van der Waals surface area contributed by atoms with Crippen LogP contribution in [0.4, 0.5) is 5.69 Å². The minimum Gasteiger partial charge on any atom is -0.497 e. The van der Waals surface area contributed by atoms with Crippen LogP contribution in [0, 0.1) is 0 Å². The summed E-state index contributed by atoms with van der Waals surface area (Å²) in [6, 6.07) is 13.7. The third-order valence-corrected chi connectivity index (χ3v) is 5.58. The Kier molecular flexibility index (Phi) is 6.89. The highest BCUT2D eigenvalue weighted by Gasteiger charge is 2.11. The number of anilines is 1. The summed E-state index contributed by atoms with van der Waals surface area (Å²) in [6.45, 7) is 4.61. The van der Waals surface area contributed by atoms with Crippen LogP contribution in [0.5, 0.6) is 17.2 Å². The second-order valence-electron chi connectivity index (χ2n) is 6.90. The van der Waals surface area contributed by atoms with E-state index in [0.717, 1.165) is 52.2 Å². The SMILES string of the molecule is CCNC(=NCc1csc(-c2ccc(OC)cc2)n1)Nc1ccc2c(c1)OCCCO2. The topological polar surface area (TPSA) is 77.0 Å². The molecule has 0 aliphatic carbocycles. The molecule has 2 heterocycles. The summed E-state index contributed by atoms with van der Waals surface area (Å²) in [6.07, 6.45) is 0.883. The number of aromatic nitrogens is 1. The first-order chi connectivity index (χ1) is 15.2. The van der Waals surface area contributed by atoms with Crippen molar-refractivity contribution in [3.05, 3.63) is 53.5 Å². The Labute approximate surface area is 186 Å². The van der Waals surface area contributed by atoms with Crippen molar-refractivity contribution in [1.29, 1.82) is 0 Å². The molecule has 1 aliphatic rings. The Balaban J connectivity index is 1.44. The normalized spacial score (nSPS) is 13.4. The van der Waals surface area contributed by atoms with E-state index < -0.39 is 0 Å². The minimum absolute atomic E-state index is 0.479. The molecule has 3 aromatic rings. The zero-order chi connectivity index (χ0) is 21.5. The fourth-order valence-electron chi connectivity index (χ4n) is 3.09. The lowest BCUT2D eigenvalue weighted by Gasteiger charge is -2.13. The van der Waals surface area contributed by atoms with Crippen molar-refractivity contribution in [3.63, 3.8) is 0 Å². The lowest BCUT2D eigenvalue weighted by Crippen LogP contribution is -2.30. The molecule has 0 saturated heterocycles. The molecule has 1 aromatic heterocycles. The summed E-state index contributed by atoms with van der Waals surface area (Å²) >= 11 is 1.61. The molecular weight excluding hydrogens is 412 g/mol. The van der Waals surface area contributed by atoms with Gasteiger partial charge >= 0.3 is 0 Å². The predicted octanol–water partition coefficient (Wildman–Crippen LogP) is 4.56. The van der Waals surface area contributed by atoms with Gasteiger partial charge in [0.05, 0.1) is 32.6 Å². The van der Waals surface area contributed by atoms with Gasteiger partial charge in [-0.25, -0.2) is 9.98 Å². The molecule has 0 amide bonds. The average molecular weight is 439 g/mol. The van der Waals surface area contributed by atoms with E-state index in [1.807, 2.05) is 54.8 Å². The van der Waals surface area contributed by atoms with Crippen LogP contribution in [0.25, 0.3) is 10.6 Å². The van der Waals surface area contributed by atoms with Gasteiger partial charge in [-0.1, -0.05) is 0 Å². The van der Waals surface area contributed by atoms with Gasteiger partial charge in [0.1, 0.15) is 10.8 Å². The molecule has 2 N–H and O–H groups in total. The van der Waals surface area contributed by atoms with Crippen LogP contribution >= 0.6 is 11.3 Å². The summed E-state index contributed by atoms with van der Waals surface area (Å²) in [5.74, 6) is 3.05. The van der Waals surface area contributed by atoms with E-state index >= 15 is 0 Å². The zero-order valence-corrected chi connectivity index (χ0v) is 18.5. The molecule has 31 heavy (non-hydrogen) atoms. The van der Waals surface area contributed by atoms with E-state index in [2.05, 4.69) is 10.6 Å². The number of methoxy groups -OCH3 is 1. The van der Waals surface area contributed by atoms with Crippen LogP contribution in [0.3, 0.4) is 0 Å². The van der Waals surface area contributed by atoms with Gasteiger partial charge in [-0.2, -0.15) is 0 Å². The minimum atomic E-state index is 0.479. The number of ether oxygens (including phenoxy) is 3. The Morgan fingerprint density at radius 1 is 1.13 bits per heavy atom. The third kappa shape index (κ3) is 5.46. The molecule has 0 radical (unpaired) electrons. The number of guanidine groups is 1. The largest absolute Gasteiger partial charge is 0.497 e. The summed E-state index contributed by atoms with van der Waals surface area (Å²) in [4.78, 5) is 9.41. The fraction of sp³-hybridized carbons (Fsp3) is 0.304. The zero-order valence-electron chi connectivity index (χ0n) is 17.7. The molecule has 0 atom stereocenters. The van der Waals surface area contributed by atoms with Gasteiger partial charge < -0.3 is 24.8 Å². The molecule has 4 rings (SSSR count). The van der Waals surface area contributed by atoms with Crippen molar-refractivity contribution < 1.29 is 14.2 Å². The molecule has 7 nitrogen and oxygen atoms in total. The molecule has 0 fully saturated rings. The van der Waals surface area contributed by atoms with Gasteiger partial charge in [0.25, 0.3) is 0 Å². The van der Waals surface area contributed by atoms with Crippen molar-refractivity contribution in [3.8, 4) is 27.8 Å². The van der Waals surface area contributed by atoms with Crippen LogP contribution in [0.15, 0.2) is 52.8 Å². The Hall–Kier alpha value is -3.26. The number of hydrogen-bond donors (Lipinski definition) is 2. The number of hydrogen-bond acceptors (Lipinski definition) is 6. The monoisotopic (exact) mass is 438 g/mol. The van der Waals surface area contributed by atoms with E-state index in [0.29, 0.717) is 25.7 Å². The number of rotatable bonds is 6. The molecule has 8 heteroatoms. The second kappa shape index (κ2) is 10.2. The lowest BCUT2D eigenvalue weighted by molar-refractivity contribution is 0.297. The van der Waals surface area contributed by atoms with Crippen LogP contribution < -0.4 is 24.8 Å². The summed E-state index contributed by atoms with van der Waals surface area (Å²) in [5, 5.41) is 9.62. The summed E-state index contributed by atoms with van der Waals surface area (Å²) in [5.41, 5.74) is 2.88. The number of benzene rings is 2. The van der Waals surface area contributed by atoms with E-state index in [-0.39, 0.29) is 0 Å². The third-order valence-electron chi connectivity index (χ3n) is 4.64. The Morgan fingerprint density at radius 3 is 2.71 bits per heavy atom. The van der Waals surface area contributed by atoms with E-state index in [1.165, 1.54) is 0 Å². The number of aliphatic imine (C=N–C) groups is 1. The van der Waals surface area contributed by atoms with Crippen LogP contribution in [0.2, 0.25) is 0 Å². The highest BCUT2D eigenvalue weighted by atomic mass is 32.1.